The van der Waals surface area contributed by atoms with Crippen LogP contribution in [0.1, 0.15) is 55.8 Å². The fourth-order valence-corrected chi connectivity index (χ4v) is 4.21. The standard InChI is InChI=1S/C23H25N3O3/c1-16-11-14-26(25-16)19-8-5-17(6-9-19)22(27)24-18-7-10-20-21(15-18)29-23(28-20)12-3-2-4-13-23/h5-10,15H,2-4,11-14H2,1H3,(H,24,27). The van der Waals surface area contributed by atoms with Crippen molar-refractivity contribution in [2.24, 2.45) is 5.10 Å². The number of amides is 1. The average Bonchev–Trinajstić information content (AvgIpc) is 3.31. The van der Waals surface area contributed by atoms with Crippen LogP contribution in [-0.4, -0.2) is 24.0 Å². The van der Waals surface area contributed by atoms with Gasteiger partial charge < -0.3 is 14.8 Å². The average molecular weight is 391 g/mol. The van der Waals surface area contributed by atoms with E-state index in [9.17, 15) is 4.79 Å². The molecule has 6 heteroatoms. The molecule has 29 heavy (non-hydrogen) atoms. The van der Waals surface area contributed by atoms with Gasteiger partial charge in [-0.25, -0.2) is 0 Å². The lowest BCUT2D eigenvalue weighted by molar-refractivity contribution is -0.105. The van der Waals surface area contributed by atoms with Crippen molar-refractivity contribution in [3.63, 3.8) is 0 Å². The highest BCUT2D eigenvalue weighted by atomic mass is 16.7. The van der Waals surface area contributed by atoms with Crippen LogP contribution in [0.4, 0.5) is 11.4 Å². The summed E-state index contributed by atoms with van der Waals surface area (Å²) >= 11 is 0. The van der Waals surface area contributed by atoms with Gasteiger partial charge in [0.25, 0.3) is 11.7 Å². The largest absolute Gasteiger partial charge is 0.448 e. The number of hydrogen-bond donors (Lipinski definition) is 1. The topological polar surface area (TPSA) is 63.2 Å². The summed E-state index contributed by atoms with van der Waals surface area (Å²) < 4.78 is 12.3. The summed E-state index contributed by atoms with van der Waals surface area (Å²) in [5.41, 5.74) is 3.44. The quantitative estimate of drug-likeness (QED) is 0.804. The van der Waals surface area contributed by atoms with E-state index in [-0.39, 0.29) is 5.91 Å². The molecule has 0 atom stereocenters. The van der Waals surface area contributed by atoms with Gasteiger partial charge in [-0.15, -0.1) is 0 Å². The number of ether oxygens (including phenoxy) is 2. The molecule has 1 aliphatic carbocycles. The summed E-state index contributed by atoms with van der Waals surface area (Å²) in [5.74, 6) is 0.817. The maximum atomic E-state index is 12.7. The number of anilines is 2. The van der Waals surface area contributed by atoms with Gasteiger partial charge in [0.15, 0.2) is 11.5 Å². The Labute approximate surface area is 170 Å². The molecule has 1 fully saturated rings. The molecule has 1 spiro atoms. The third kappa shape index (κ3) is 3.55. The van der Waals surface area contributed by atoms with E-state index < -0.39 is 5.79 Å². The Morgan fingerprint density at radius 3 is 2.52 bits per heavy atom. The van der Waals surface area contributed by atoms with E-state index in [0.717, 1.165) is 55.8 Å². The van der Waals surface area contributed by atoms with Gasteiger partial charge in [-0.2, -0.15) is 5.10 Å². The first-order chi connectivity index (χ1) is 14.1. The van der Waals surface area contributed by atoms with Crippen molar-refractivity contribution in [2.75, 3.05) is 16.9 Å². The highest BCUT2D eigenvalue weighted by Gasteiger charge is 2.42. The molecule has 2 aromatic carbocycles. The monoisotopic (exact) mass is 391 g/mol. The van der Waals surface area contributed by atoms with E-state index in [1.54, 1.807) is 0 Å². The number of carbonyl (C=O) groups excluding carboxylic acids is 1. The number of benzene rings is 2. The Kier molecular flexibility index (Phi) is 4.42. The number of nitrogens with one attached hydrogen (secondary N) is 1. The Morgan fingerprint density at radius 2 is 1.79 bits per heavy atom. The zero-order valence-corrected chi connectivity index (χ0v) is 16.6. The molecule has 0 saturated heterocycles. The molecule has 2 aliphatic heterocycles. The van der Waals surface area contributed by atoms with Gasteiger partial charge in [0, 0.05) is 48.8 Å². The zero-order valence-electron chi connectivity index (χ0n) is 16.6. The summed E-state index contributed by atoms with van der Waals surface area (Å²) in [5, 5.41) is 9.42. The maximum Gasteiger partial charge on any atom is 0.255 e. The van der Waals surface area contributed by atoms with Gasteiger partial charge in [0.1, 0.15) is 0 Å². The van der Waals surface area contributed by atoms with E-state index in [2.05, 4.69) is 10.4 Å². The van der Waals surface area contributed by atoms with Gasteiger partial charge in [0.05, 0.1) is 5.69 Å². The van der Waals surface area contributed by atoms with Crippen molar-refractivity contribution in [2.45, 2.75) is 51.2 Å². The highest BCUT2D eigenvalue weighted by molar-refractivity contribution is 6.04. The van der Waals surface area contributed by atoms with Crippen LogP contribution in [0.2, 0.25) is 0 Å². The summed E-state index contributed by atoms with van der Waals surface area (Å²) in [7, 11) is 0. The van der Waals surface area contributed by atoms with Gasteiger partial charge in [-0.1, -0.05) is 6.42 Å². The molecule has 6 nitrogen and oxygen atoms in total. The molecule has 150 valence electrons. The number of hydrazone groups is 1. The van der Waals surface area contributed by atoms with Crippen LogP contribution in [0.25, 0.3) is 0 Å². The fraction of sp³-hybridized carbons (Fsp3) is 0.391. The number of fused-ring (bicyclic) bond motifs is 1. The van der Waals surface area contributed by atoms with Crippen molar-refractivity contribution in [1.82, 2.24) is 0 Å². The lowest BCUT2D eigenvalue weighted by Crippen LogP contribution is -2.40. The van der Waals surface area contributed by atoms with Crippen LogP contribution in [0.3, 0.4) is 0 Å². The van der Waals surface area contributed by atoms with E-state index >= 15 is 0 Å². The number of hydrogen-bond acceptors (Lipinski definition) is 5. The van der Waals surface area contributed by atoms with E-state index in [4.69, 9.17) is 9.47 Å². The molecular formula is C23H25N3O3. The number of carbonyl (C=O) groups is 1. The second-order valence-electron chi connectivity index (χ2n) is 8.05. The third-order valence-corrected chi connectivity index (χ3v) is 5.81. The predicted octanol–water partition coefficient (Wildman–Crippen LogP) is 4.96. The molecule has 1 amide bonds. The molecule has 5 rings (SSSR count). The van der Waals surface area contributed by atoms with Crippen molar-refractivity contribution in [3.05, 3.63) is 48.0 Å². The van der Waals surface area contributed by atoms with Crippen LogP contribution in [0, 0.1) is 0 Å². The Hall–Kier alpha value is -3.02. The van der Waals surface area contributed by atoms with Gasteiger partial charge >= 0.3 is 0 Å². The van der Waals surface area contributed by atoms with Gasteiger partial charge in [-0.3, -0.25) is 9.80 Å². The van der Waals surface area contributed by atoms with Crippen LogP contribution in [0.15, 0.2) is 47.6 Å². The van der Waals surface area contributed by atoms with Crippen LogP contribution in [0.5, 0.6) is 11.5 Å². The molecule has 2 aromatic rings. The third-order valence-electron chi connectivity index (χ3n) is 5.81. The Balaban J connectivity index is 1.27. The second kappa shape index (κ2) is 7.10. The first kappa shape index (κ1) is 18.0. The van der Waals surface area contributed by atoms with E-state index in [1.165, 1.54) is 6.42 Å². The molecule has 1 saturated carbocycles. The molecule has 0 unspecified atom stereocenters. The van der Waals surface area contributed by atoms with Crippen molar-refractivity contribution in [3.8, 4) is 11.5 Å². The van der Waals surface area contributed by atoms with Crippen molar-refractivity contribution < 1.29 is 14.3 Å². The highest BCUT2D eigenvalue weighted by Crippen LogP contribution is 2.46. The number of rotatable bonds is 3. The lowest BCUT2D eigenvalue weighted by atomic mass is 9.94. The minimum absolute atomic E-state index is 0.149. The normalized spacial score (nSPS) is 19.3. The Bertz CT molecular complexity index is 962. The van der Waals surface area contributed by atoms with Gasteiger partial charge in [0.2, 0.25) is 0 Å². The summed E-state index contributed by atoms with van der Waals surface area (Å²) in [6.45, 7) is 2.92. The fourth-order valence-electron chi connectivity index (χ4n) is 4.21. The van der Waals surface area contributed by atoms with E-state index in [0.29, 0.717) is 17.0 Å². The first-order valence-corrected chi connectivity index (χ1v) is 10.4. The number of nitrogens with zero attached hydrogens (tertiary/aromatic N) is 2. The van der Waals surface area contributed by atoms with Crippen LogP contribution >= 0.6 is 0 Å². The molecule has 0 radical (unpaired) electrons. The molecular weight excluding hydrogens is 366 g/mol. The minimum atomic E-state index is -0.505. The smallest absolute Gasteiger partial charge is 0.255 e. The van der Waals surface area contributed by atoms with Crippen LogP contribution in [-0.2, 0) is 0 Å². The molecule has 2 heterocycles. The Morgan fingerprint density at radius 1 is 1.03 bits per heavy atom. The molecule has 1 N–H and O–H groups in total. The van der Waals surface area contributed by atoms with Gasteiger partial charge in [-0.05, 0) is 56.2 Å². The predicted molar refractivity (Wildman–Crippen MR) is 113 cm³/mol. The maximum absolute atomic E-state index is 12.7. The first-order valence-electron chi connectivity index (χ1n) is 10.4. The van der Waals surface area contributed by atoms with Crippen molar-refractivity contribution in [1.29, 1.82) is 0 Å². The summed E-state index contributed by atoms with van der Waals surface area (Å²) in [6, 6.07) is 13.1. The SMILES string of the molecule is CC1=NN(c2ccc(C(=O)Nc3ccc4c(c3)OC3(CCCCC3)O4)cc2)CC1. The lowest BCUT2D eigenvalue weighted by Gasteiger charge is -2.31. The van der Waals surface area contributed by atoms with Crippen LogP contribution < -0.4 is 19.8 Å². The van der Waals surface area contributed by atoms with Crippen molar-refractivity contribution >= 4 is 23.0 Å². The summed E-state index contributed by atoms with van der Waals surface area (Å²) in [6.07, 6.45) is 6.28. The van der Waals surface area contributed by atoms with E-state index in [1.807, 2.05) is 54.4 Å². The molecule has 3 aliphatic rings. The zero-order chi connectivity index (χ0) is 19.8. The summed E-state index contributed by atoms with van der Waals surface area (Å²) in [4.78, 5) is 12.7. The second-order valence-corrected chi connectivity index (χ2v) is 8.05. The minimum Gasteiger partial charge on any atom is -0.448 e. The molecule has 0 aromatic heterocycles. The molecule has 0 bridgehead atoms.